The number of hydrogen-bond donors (Lipinski definition) is 1. The number of halogens is 3. The van der Waals surface area contributed by atoms with Crippen LogP contribution in [0.2, 0.25) is 0 Å². The number of nitrogens with zero attached hydrogens (tertiary/aromatic N) is 5. The van der Waals surface area contributed by atoms with Crippen LogP contribution in [-0.4, -0.2) is 93.9 Å². The molecular weight excluding hydrogens is 621 g/mol. The van der Waals surface area contributed by atoms with Crippen molar-refractivity contribution in [2.75, 3.05) is 32.8 Å². The van der Waals surface area contributed by atoms with Crippen molar-refractivity contribution in [1.29, 1.82) is 0 Å². The Morgan fingerprint density at radius 2 is 1.98 bits per heavy atom. The minimum atomic E-state index is -3.07. The van der Waals surface area contributed by atoms with E-state index in [1.165, 1.54) is 23.5 Å². The number of fused-ring (bicyclic) bond motifs is 1. The number of ether oxygens (including phenoxy) is 2. The molecule has 2 aromatic rings. The molecule has 4 unspecified atom stereocenters. The van der Waals surface area contributed by atoms with Gasteiger partial charge < -0.3 is 14.8 Å². The first-order valence-corrected chi connectivity index (χ1v) is 16.5. The van der Waals surface area contributed by atoms with Gasteiger partial charge in [0.1, 0.15) is 11.6 Å². The summed E-state index contributed by atoms with van der Waals surface area (Å²) in [7, 11) is 0. The van der Waals surface area contributed by atoms with E-state index in [0.29, 0.717) is 47.2 Å². The van der Waals surface area contributed by atoms with Crippen LogP contribution in [0.3, 0.4) is 0 Å². The van der Waals surface area contributed by atoms with E-state index in [9.17, 15) is 14.0 Å². The van der Waals surface area contributed by atoms with E-state index in [-0.39, 0.29) is 25.3 Å². The number of aromatic nitrogens is 2. The molecule has 2 saturated heterocycles. The Bertz CT molecular complexity index is 1510. The van der Waals surface area contributed by atoms with Crippen LogP contribution in [-0.2, 0) is 19.1 Å². The second-order valence-corrected chi connectivity index (χ2v) is 13.8. The number of rotatable bonds is 10. The number of carbonyl (C=O) groups is 2. The van der Waals surface area contributed by atoms with Gasteiger partial charge in [-0.15, -0.1) is 11.3 Å². The van der Waals surface area contributed by atoms with E-state index in [1.54, 1.807) is 56.0 Å². The summed E-state index contributed by atoms with van der Waals surface area (Å²) in [4.78, 5) is 43.0. The van der Waals surface area contributed by atoms with Crippen LogP contribution in [0.1, 0.15) is 69.8 Å². The molecule has 3 aliphatic heterocycles. The van der Waals surface area contributed by atoms with Crippen molar-refractivity contribution < 1.29 is 32.2 Å². The van der Waals surface area contributed by atoms with Gasteiger partial charge in [0.25, 0.3) is 5.92 Å². The fraction of sp³-hybridized carbons (Fsp3) is 0.594. The number of esters is 2. The molecule has 14 heteroatoms. The molecule has 0 aromatic carbocycles. The molecule has 2 aromatic heterocycles. The number of aliphatic imine (C=N–C) groups is 1. The van der Waals surface area contributed by atoms with Gasteiger partial charge in [0.2, 0.25) is 5.95 Å². The van der Waals surface area contributed by atoms with Gasteiger partial charge >= 0.3 is 11.9 Å². The van der Waals surface area contributed by atoms with Crippen molar-refractivity contribution in [3.05, 3.63) is 57.2 Å². The molecule has 0 amide bonds. The number of likely N-dealkylation sites (tertiary alicyclic amines) is 2. The summed E-state index contributed by atoms with van der Waals surface area (Å²) in [5.74, 6) is -4.96. The van der Waals surface area contributed by atoms with E-state index >= 15 is 8.78 Å². The first-order valence-electron chi connectivity index (χ1n) is 15.6. The van der Waals surface area contributed by atoms with E-state index in [1.807, 2.05) is 6.92 Å². The highest BCUT2D eigenvalue weighted by molar-refractivity contribution is 7.11. The molecule has 10 nitrogen and oxygen atoms in total. The molecule has 1 N–H and O–H groups in total. The fourth-order valence-corrected chi connectivity index (χ4v) is 7.13. The van der Waals surface area contributed by atoms with Gasteiger partial charge in [-0.2, -0.15) is 4.39 Å². The van der Waals surface area contributed by atoms with Crippen LogP contribution in [0.5, 0.6) is 0 Å². The van der Waals surface area contributed by atoms with E-state index in [0.717, 1.165) is 0 Å². The molecule has 46 heavy (non-hydrogen) atoms. The summed E-state index contributed by atoms with van der Waals surface area (Å²) in [6, 6.07) is 0.159. The highest BCUT2D eigenvalue weighted by atomic mass is 32.1. The van der Waals surface area contributed by atoms with E-state index < -0.39 is 60.0 Å². The predicted octanol–water partition coefficient (Wildman–Crippen LogP) is 4.66. The van der Waals surface area contributed by atoms with Crippen molar-refractivity contribution in [3.8, 4) is 0 Å². The molecule has 5 rings (SSSR count). The molecule has 5 heterocycles. The van der Waals surface area contributed by atoms with E-state index in [4.69, 9.17) is 14.5 Å². The van der Waals surface area contributed by atoms with Crippen LogP contribution in [0, 0.1) is 18.8 Å². The minimum absolute atomic E-state index is 0.0173. The lowest BCUT2D eigenvalue weighted by Gasteiger charge is -2.32. The smallest absolute Gasteiger partial charge is 0.338 e. The number of hydrogen-bond acceptors (Lipinski definition) is 11. The SMILES string of the molecule is CCOC(=O)C1=C(CN2CC(F)(F)C3C2CCN3CC(CC)C(=O)OC(C)(C)C)NC(c2nccs2)=NC1c1ccc(F)nc1C. The molecule has 3 aliphatic rings. The molecule has 0 radical (unpaired) electrons. The third-order valence-electron chi connectivity index (χ3n) is 8.48. The Morgan fingerprint density at radius 3 is 2.61 bits per heavy atom. The predicted molar refractivity (Wildman–Crippen MR) is 167 cm³/mol. The van der Waals surface area contributed by atoms with Crippen LogP contribution >= 0.6 is 11.3 Å². The monoisotopic (exact) mass is 662 g/mol. The molecule has 0 aliphatic carbocycles. The topological polar surface area (TPSA) is 109 Å². The van der Waals surface area contributed by atoms with Crippen molar-refractivity contribution in [2.45, 2.75) is 84.0 Å². The number of carbonyl (C=O) groups excluding carboxylic acids is 2. The zero-order valence-corrected chi connectivity index (χ0v) is 27.8. The fourth-order valence-electron chi connectivity index (χ4n) is 6.54. The standard InChI is InChI=1S/C32H41F3N6O4S/c1-7-19(29(42)45-31(4,5)6)15-40-13-11-22-26(40)32(34,35)17-41(22)16-21-24(30(43)44-8-2)25(20-9-10-23(33)37-18(20)3)39-27(38-21)28-36-12-14-46-28/h9-10,12,14,19,22,25-26H,7-8,11,13,15-17H2,1-6H3,(H,38,39). The van der Waals surface area contributed by atoms with Crippen molar-refractivity contribution in [3.63, 3.8) is 0 Å². The lowest BCUT2D eigenvalue weighted by atomic mass is 9.94. The Balaban J connectivity index is 1.48. The lowest BCUT2D eigenvalue weighted by Crippen LogP contribution is -2.48. The average Bonchev–Trinajstić information content (AvgIpc) is 3.70. The Morgan fingerprint density at radius 1 is 1.22 bits per heavy atom. The molecule has 0 bridgehead atoms. The third kappa shape index (κ3) is 7.13. The van der Waals surface area contributed by atoms with Gasteiger partial charge in [0, 0.05) is 54.2 Å². The second-order valence-electron chi connectivity index (χ2n) is 12.9. The second kappa shape index (κ2) is 13.4. The lowest BCUT2D eigenvalue weighted by molar-refractivity contribution is -0.161. The minimum Gasteiger partial charge on any atom is -0.463 e. The molecular formula is C32H41F3N6O4S. The Kier molecular flexibility index (Phi) is 9.90. The van der Waals surface area contributed by atoms with Gasteiger partial charge in [-0.05, 0) is 53.5 Å². The molecule has 0 spiro atoms. The van der Waals surface area contributed by atoms with Crippen molar-refractivity contribution in [2.24, 2.45) is 10.9 Å². The van der Waals surface area contributed by atoms with Crippen LogP contribution in [0.25, 0.3) is 0 Å². The summed E-state index contributed by atoms with van der Waals surface area (Å²) in [5, 5.41) is 5.54. The van der Waals surface area contributed by atoms with Crippen LogP contribution in [0.15, 0.2) is 40.0 Å². The number of amidine groups is 1. The first kappa shape index (κ1) is 34.0. The van der Waals surface area contributed by atoms with Gasteiger partial charge in [-0.3, -0.25) is 19.6 Å². The van der Waals surface area contributed by atoms with Gasteiger partial charge in [0.15, 0.2) is 10.8 Å². The number of nitrogens with one attached hydrogen (secondary N) is 1. The average molecular weight is 663 g/mol. The first-order chi connectivity index (χ1) is 21.7. The molecule has 4 atom stereocenters. The Labute approximate surface area is 271 Å². The summed E-state index contributed by atoms with van der Waals surface area (Å²) in [6.07, 6.45) is 2.55. The zero-order chi connectivity index (χ0) is 33.4. The maximum absolute atomic E-state index is 15.9. The number of thiazole rings is 1. The van der Waals surface area contributed by atoms with Gasteiger partial charge in [-0.1, -0.05) is 13.0 Å². The summed E-state index contributed by atoms with van der Waals surface area (Å²) in [5.41, 5.74) is 0.663. The summed E-state index contributed by atoms with van der Waals surface area (Å²) >= 11 is 1.33. The number of aryl methyl sites for hydroxylation is 1. The highest BCUT2D eigenvalue weighted by Gasteiger charge is 2.59. The number of alkyl halides is 2. The maximum atomic E-state index is 15.9. The molecule has 0 saturated carbocycles. The van der Waals surface area contributed by atoms with Crippen molar-refractivity contribution in [1.82, 2.24) is 25.1 Å². The number of pyridine rings is 1. The highest BCUT2D eigenvalue weighted by Crippen LogP contribution is 2.43. The largest absolute Gasteiger partial charge is 0.463 e. The van der Waals surface area contributed by atoms with Gasteiger partial charge in [0.05, 0.1) is 30.7 Å². The van der Waals surface area contributed by atoms with Crippen LogP contribution < -0.4 is 5.32 Å². The quantitative estimate of drug-likeness (QED) is 0.287. The summed E-state index contributed by atoms with van der Waals surface area (Å²) < 4.78 is 56.8. The van der Waals surface area contributed by atoms with Crippen LogP contribution in [0.4, 0.5) is 13.2 Å². The van der Waals surface area contributed by atoms with Gasteiger partial charge in [-0.25, -0.2) is 23.5 Å². The zero-order valence-electron chi connectivity index (χ0n) is 27.0. The molecule has 2 fully saturated rings. The normalized spacial score (nSPS) is 23.9. The van der Waals surface area contributed by atoms with E-state index in [2.05, 4.69) is 15.3 Å². The summed E-state index contributed by atoms with van der Waals surface area (Å²) in [6.45, 7) is 10.6. The molecule has 250 valence electrons. The third-order valence-corrected chi connectivity index (χ3v) is 9.26. The maximum Gasteiger partial charge on any atom is 0.338 e. The van der Waals surface area contributed by atoms with Crippen molar-refractivity contribution >= 4 is 29.1 Å². The Hall–Kier alpha value is -3.36.